The molecule has 0 fully saturated rings. The number of sulfone groups is 1. The summed E-state index contributed by atoms with van der Waals surface area (Å²) in [6.07, 6.45) is 0.236. The van der Waals surface area contributed by atoms with Gasteiger partial charge in [-0.2, -0.15) is 0 Å². The molecule has 7 heteroatoms. The van der Waals surface area contributed by atoms with E-state index in [9.17, 15) is 18.3 Å². The molecule has 0 saturated heterocycles. The zero-order valence-corrected chi connectivity index (χ0v) is 14.8. The lowest BCUT2D eigenvalue weighted by Crippen LogP contribution is -2.31. The van der Waals surface area contributed by atoms with Gasteiger partial charge in [-0.3, -0.25) is 0 Å². The number of H-pyrrole nitrogens is 1. The second kappa shape index (κ2) is 6.17. The van der Waals surface area contributed by atoms with E-state index in [0.29, 0.717) is 25.9 Å². The maximum atomic E-state index is 12.9. The number of hydrogen-bond donors (Lipinski definition) is 2. The molecule has 6 nitrogen and oxygen atoms in total. The number of hydrogen-bond acceptors (Lipinski definition) is 3. The van der Waals surface area contributed by atoms with Crippen LogP contribution in [0.1, 0.15) is 11.3 Å². The number of carbonyl (C=O) groups is 1. The summed E-state index contributed by atoms with van der Waals surface area (Å²) in [6, 6.07) is 13.5. The summed E-state index contributed by atoms with van der Waals surface area (Å²) in [5.41, 5.74) is 2.87. The molecule has 0 saturated carbocycles. The van der Waals surface area contributed by atoms with Gasteiger partial charge in [0.1, 0.15) is 0 Å². The molecule has 26 heavy (non-hydrogen) atoms. The highest BCUT2D eigenvalue weighted by atomic mass is 32.2. The summed E-state index contributed by atoms with van der Waals surface area (Å²) in [4.78, 5) is 16.4. The van der Waals surface area contributed by atoms with Gasteiger partial charge >= 0.3 is 6.09 Å². The minimum Gasteiger partial charge on any atom is -0.465 e. The number of fused-ring (bicyclic) bond motifs is 3. The molecule has 2 heterocycles. The zero-order chi connectivity index (χ0) is 18.3. The topological polar surface area (TPSA) is 90.5 Å². The standard InChI is InChI=1S/C19H18N2O4S/c22-19(23)21-10-8-15-16-12-14(6-7-17(16)20-18(15)9-11-21)26(24,25)13-4-2-1-3-5-13/h1-7,12,20H,8-11H2,(H,22,23). The maximum absolute atomic E-state index is 12.9. The van der Waals surface area contributed by atoms with Crippen molar-refractivity contribution in [3.05, 3.63) is 59.8 Å². The van der Waals surface area contributed by atoms with Crippen LogP contribution in [-0.2, 0) is 22.7 Å². The number of aromatic amines is 1. The number of amides is 1. The number of nitrogens with one attached hydrogen (secondary N) is 1. The number of benzene rings is 2. The van der Waals surface area contributed by atoms with E-state index < -0.39 is 15.9 Å². The third-order valence-electron chi connectivity index (χ3n) is 4.86. The molecule has 134 valence electrons. The van der Waals surface area contributed by atoms with Gasteiger partial charge in [-0.15, -0.1) is 0 Å². The molecular formula is C19H18N2O4S. The molecule has 2 N–H and O–H groups in total. The molecule has 0 bridgehead atoms. The van der Waals surface area contributed by atoms with E-state index in [-0.39, 0.29) is 9.79 Å². The summed E-state index contributed by atoms with van der Waals surface area (Å²) in [5.74, 6) is 0. The van der Waals surface area contributed by atoms with Crippen molar-refractivity contribution >= 4 is 26.8 Å². The molecule has 1 amide bonds. The summed E-state index contributed by atoms with van der Waals surface area (Å²) < 4.78 is 25.8. The van der Waals surface area contributed by atoms with Gasteiger partial charge in [-0.05, 0) is 42.3 Å². The van der Waals surface area contributed by atoms with Gasteiger partial charge in [0.05, 0.1) is 9.79 Å². The van der Waals surface area contributed by atoms with Gasteiger partial charge in [0.25, 0.3) is 0 Å². The molecule has 0 radical (unpaired) electrons. The lowest BCUT2D eigenvalue weighted by molar-refractivity contribution is 0.147. The second-order valence-electron chi connectivity index (χ2n) is 6.38. The van der Waals surface area contributed by atoms with Crippen LogP contribution in [0.2, 0.25) is 0 Å². The van der Waals surface area contributed by atoms with Crippen LogP contribution in [0.4, 0.5) is 4.79 Å². The van der Waals surface area contributed by atoms with E-state index in [0.717, 1.165) is 22.2 Å². The number of nitrogens with zero attached hydrogens (tertiary/aromatic N) is 1. The second-order valence-corrected chi connectivity index (χ2v) is 8.33. The summed E-state index contributed by atoms with van der Waals surface area (Å²) >= 11 is 0. The minimum atomic E-state index is -3.59. The Labute approximate surface area is 151 Å². The van der Waals surface area contributed by atoms with Crippen molar-refractivity contribution in [2.45, 2.75) is 22.6 Å². The van der Waals surface area contributed by atoms with Crippen molar-refractivity contribution in [3.8, 4) is 0 Å². The molecular weight excluding hydrogens is 352 g/mol. The van der Waals surface area contributed by atoms with Crippen LogP contribution in [0, 0.1) is 0 Å². The lowest BCUT2D eigenvalue weighted by Gasteiger charge is -2.15. The van der Waals surface area contributed by atoms with E-state index in [2.05, 4.69) is 4.98 Å². The third kappa shape index (κ3) is 2.74. The first-order chi connectivity index (χ1) is 12.5. The Morgan fingerprint density at radius 1 is 1.00 bits per heavy atom. The summed E-state index contributed by atoms with van der Waals surface area (Å²) in [7, 11) is -3.59. The molecule has 0 spiro atoms. The normalized spacial score (nSPS) is 14.8. The minimum absolute atomic E-state index is 0.248. The first-order valence-electron chi connectivity index (χ1n) is 8.38. The van der Waals surface area contributed by atoms with E-state index >= 15 is 0 Å². The first kappa shape index (κ1) is 16.7. The van der Waals surface area contributed by atoms with Gasteiger partial charge in [0.2, 0.25) is 9.84 Å². The Bertz CT molecular complexity index is 1090. The van der Waals surface area contributed by atoms with Crippen molar-refractivity contribution in [1.82, 2.24) is 9.88 Å². The van der Waals surface area contributed by atoms with Crippen LogP contribution in [0.3, 0.4) is 0 Å². The summed E-state index contributed by atoms with van der Waals surface area (Å²) in [6.45, 7) is 0.843. The Balaban J connectivity index is 1.78. The molecule has 2 aromatic carbocycles. The lowest BCUT2D eigenvalue weighted by atomic mass is 10.1. The molecule has 1 aromatic heterocycles. The van der Waals surface area contributed by atoms with Crippen molar-refractivity contribution in [1.29, 1.82) is 0 Å². The van der Waals surface area contributed by atoms with Gasteiger partial charge in [0, 0.05) is 36.1 Å². The fraction of sp³-hybridized carbons (Fsp3) is 0.211. The Morgan fingerprint density at radius 2 is 1.73 bits per heavy atom. The maximum Gasteiger partial charge on any atom is 0.407 e. The highest BCUT2D eigenvalue weighted by Gasteiger charge is 2.23. The Kier molecular flexibility index (Phi) is 3.96. The number of carboxylic acid groups (broad SMARTS) is 1. The Morgan fingerprint density at radius 3 is 2.46 bits per heavy atom. The van der Waals surface area contributed by atoms with E-state index in [1.165, 1.54) is 4.90 Å². The van der Waals surface area contributed by atoms with Crippen LogP contribution in [0.5, 0.6) is 0 Å². The smallest absolute Gasteiger partial charge is 0.407 e. The third-order valence-corrected chi connectivity index (χ3v) is 6.63. The molecule has 0 aliphatic carbocycles. The van der Waals surface area contributed by atoms with Crippen LogP contribution < -0.4 is 0 Å². The molecule has 1 aliphatic rings. The van der Waals surface area contributed by atoms with Crippen LogP contribution in [-0.4, -0.2) is 42.6 Å². The predicted molar refractivity (Wildman–Crippen MR) is 97.2 cm³/mol. The van der Waals surface area contributed by atoms with Crippen molar-refractivity contribution in [3.63, 3.8) is 0 Å². The average molecular weight is 370 g/mol. The number of aromatic nitrogens is 1. The molecule has 4 rings (SSSR count). The largest absolute Gasteiger partial charge is 0.465 e. The molecule has 3 aromatic rings. The quantitative estimate of drug-likeness (QED) is 0.725. The van der Waals surface area contributed by atoms with Crippen molar-refractivity contribution in [2.24, 2.45) is 0 Å². The van der Waals surface area contributed by atoms with Gasteiger partial charge in [-0.1, -0.05) is 18.2 Å². The molecule has 0 atom stereocenters. The fourth-order valence-corrected chi connectivity index (χ4v) is 4.79. The average Bonchev–Trinajstić information content (AvgIpc) is 2.84. The van der Waals surface area contributed by atoms with Gasteiger partial charge < -0.3 is 15.0 Å². The molecule has 1 aliphatic heterocycles. The van der Waals surface area contributed by atoms with E-state index in [4.69, 9.17) is 0 Å². The number of rotatable bonds is 2. The van der Waals surface area contributed by atoms with Gasteiger partial charge in [0.15, 0.2) is 0 Å². The zero-order valence-electron chi connectivity index (χ0n) is 14.0. The van der Waals surface area contributed by atoms with Crippen molar-refractivity contribution < 1.29 is 18.3 Å². The fourth-order valence-electron chi connectivity index (χ4n) is 3.48. The monoisotopic (exact) mass is 370 g/mol. The highest BCUT2D eigenvalue weighted by molar-refractivity contribution is 7.91. The Hall–Kier alpha value is -2.80. The SMILES string of the molecule is O=C(O)N1CCc2[nH]c3ccc(S(=O)(=O)c4ccccc4)cc3c2CC1. The van der Waals surface area contributed by atoms with Crippen LogP contribution in [0.15, 0.2) is 58.3 Å². The molecule has 0 unspecified atom stereocenters. The van der Waals surface area contributed by atoms with Gasteiger partial charge in [-0.25, -0.2) is 13.2 Å². The van der Waals surface area contributed by atoms with E-state index in [1.54, 1.807) is 48.5 Å². The van der Waals surface area contributed by atoms with Crippen molar-refractivity contribution in [2.75, 3.05) is 13.1 Å². The van der Waals surface area contributed by atoms with E-state index in [1.807, 2.05) is 0 Å². The first-order valence-corrected chi connectivity index (χ1v) is 9.86. The summed E-state index contributed by atoms with van der Waals surface area (Å²) in [5, 5.41) is 10.1. The van der Waals surface area contributed by atoms with Crippen LogP contribution in [0.25, 0.3) is 10.9 Å². The van der Waals surface area contributed by atoms with Crippen LogP contribution >= 0.6 is 0 Å². The predicted octanol–water partition coefficient (Wildman–Crippen LogP) is 3.08. The highest BCUT2D eigenvalue weighted by Crippen LogP contribution is 2.30.